The van der Waals surface area contributed by atoms with Crippen molar-refractivity contribution in [3.63, 3.8) is 0 Å². The Bertz CT molecular complexity index is 1380. The summed E-state index contributed by atoms with van der Waals surface area (Å²) >= 11 is 0. The molecule has 3 aromatic carbocycles. The maximum absolute atomic E-state index is 6.23. The van der Waals surface area contributed by atoms with Gasteiger partial charge in [-0.25, -0.2) is 4.98 Å². The normalized spacial score (nSPS) is 16.7. The average molecular weight is 538 g/mol. The zero-order valence-electron chi connectivity index (χ0n) is 23.4. The van der Waals surface area contributed by atoms with Crippen LogP contribution in [-0.4, -0.2) is 54.2 Å². The van der Waals surface area contributed by atoms with Crippen LogP contribution in [0.25, 0.3) is 10.9 Å². The third-order valence-corrected chi connectivity index (χ3v) is 8.02. The van der Waals surface area contributed by atoms with Crippen molar-refractivity contribution in [1.29, 1.82) is 0 Å². The van der Waals surface area contributed by atoms with Gasteiger partial charge < -0.3 is 19.7 Å². The number of piperidine rings is 2. The first-order valence-corrected chi connectivity index (χ1v) is 14.6. The molecule has 0 unspecified atom stereocenters. The van der Waals surface area contributed by atoms with E-state index in [1.165, 1.54) is 24.8 Å². The smallest absolute Gasteiger partial charge is 0.227 e. The van der Waals surface area contributed by atoms with Gasteiger partial charge in [-0.1, -0.05) is 60.7 Å². The van der Waals surface area contributed by atoms with Crippen LogP contribution in [-0.2, 0) is 13.2 Å². The van der Waals surface area contributed by atoms with E-state index in [2.05, 4.69) is 57.6 Å². The highest BCUT2D eigenvalue weighted by Gasteiger charge is 2.23. The number of benzene rings is 3. The van der Waals surface area contributed by atoms with Crippen molar-refractivity contribution < 1.29 is 9.47 Å². The number of ether oxygens (including phenoxy) is 2. The maximum Gasteiger partial charge on any atom is 0.227 e. The predicted molar refractivity (Wildman–Crippen MR) is 161 cm³/mol. The van der Waals surface area contributed by atoms with Gasteiger partial charge in [0.15, 0.2) is 11.5 Å². The zero-order valence-corrected chi connectivity index (χ0v) is 23.4. The van der Waals surface area contributed by atoms with Gasteiger partial charge in [-0.3, -0.25) is 4.90 Å². The number of hydrogen-bond acceptors (Lipinski definition) is 7. The molecule has 2 saturated heterocycles. The molecule has 0 saturated carbocycles. The predicted octanol–water partition coefficient (Wildman–Crippen LogP) is 6.28. The number of rotatable bonds is 9. The van der Waals surface area contributed by atoms with E-state index in [0.717, 1.165) is 73.8 Å². The first kappa shape index (κ1) is 26.4. The highest BCUT2D eigenvalue weighted by Crippen LogP contribution is 2.36. The number of fused-ring (bicyclic) bond motifs is 1. The SMILES string of the molecule is COc1cc2c(NC3CCN(Cc4ccccc4)CC3)nc(N3CCCCC3)nc2cc1OCc1ccccc1. The molecule has 2 aliphatic rings. The molecule has 1 N–H and O–H groups in total. The van der Waals surface area contributed by atoms with E-state index in [-0.39, 0.29) is 0 Å². The van der Waals surface area contributed by atoms with Crippen LogP contribution < -0.4 is 19.7 Å². The fourth-order valence-corrected chi connectivity index (χ4v) is 5.75. The van der Waals surface area contributed by atoms with E-state index in [4.69, 9.17) is 19.4 Å². The third kappa shape index (κ3) is 6.31. The Morgan fingerprint density at radius 3 is 2.20 bits per heavy atom. The van der Waals surface area contributed by atoms with Crippen LogP contribution in [0.3, 0.4) is 0 Å². The van der Waals surface area contributed by atoms with Crippen LogP contribution >= 0.6 is 0 Å². The molecular weight excluding hydrogens is 498 g/mol. The summed E-state index contributed by atoms with van der Waals surface area (Å²) in [5, 5.41) is 4.78. The Kier molecular flexibility index (Phi) is 8.28. The number of nitrogens with one attached hydrogen (secondary N) is 1. The molecule has 7 nitrogen and oxygen atoms in total. The summed E-state index contributed by atoms with van der Waals surface area (Å²) in [5.74, 6) is 3.08. The van der Waals surface area contributed by atoms with Crippen molar-refractivity contribution in [2.24, 2.45) is 0 Å². The number of anilines is 2. The molecule has 6 rings (SSSR count). The molecule has 0 bridgehead atoms. The van der Waals surface area contributed by atoms with E-state index in [1.54, 1.807) is 7.11 Å². The Balaban J connectivity index is 1.24. The van der Waals surface area contributed by atoms with Crippen LogP contribution in [0.2, 0.25) is 0 Å². The molecule has 0 radical (unpaired) electrons. The van der Waals surface area contributed by atoms with E-state index < -0.39 is 0 Å². The van der Waals surface area contributed by atoms with Crippen LogP contribution in [0.4, 0.5) is 11.8 Å². The molecule has 0 atom stereocenters. The van der Waals surface area contributed by atoms with Gasteiger partial charge in [-0.05, 0) is 49.3 Å². The summed E-state index contributed by atoms with van der Waals surface area (Å²) in [7, 11) is 1.69. The summed E-state index contributed by atoms with van der Waals surface area (Å²) in [4.78, 5) is 15.0. The molecule has 0 aliphatic carbocycles. The van der Waals surface area contributed by atoms with Crippen LogP contribution in [0.1, 0.15) is 43.2 Å². The zero-order chi connectivity index (χ0) is 27.1. The highest BCUT2D eigenvalue weighted by molar-refractivity contribution is 5.93. The third-order valence-electron chi connectivity index (χ3n) is 8.02. The van der Waals surface area contributed by atoms with Gasteiger partial charge >= 0.3 is 0 Å². The first-order valence-electron chi connectivity index (χ1n) is 14.6. The molecule has 0 amide bonds. The standard InChI is InChI=1S/C33H39N5O2/c1-39-30-21-28-29(22-31(30)40-24-26-13-7-3-8-14-26)35-33(38-17-9-4-10-18-38)36-32(28)34-27-15-19-37(20-16-27)23-25-11-5-2-6-12-25/h2-3,5-8,11-14,21-22,27H,4,9-10,15-20,23-24H2,1H3,(H,34,35,36). The second kappa shape index (κ2) is 12.6. The topological polar surface area (TPSA) is 62.8 Å². The van der Waals surface area contributed by atoms with Crippen molar-refractivity contribution in [3.05, 3.63) is 83.9 Å². The summed E-state index contributed by atoms with van der Waals surface area (Å²) in [6, 6.07) is 25.4. The molecule has 208 valence electrons. The Hall–Kier alpha value is -3.84. The van der Waals surface area contributed by atoms with Gasteiger partial charge in [-0.2, -0.15) is 4.98 Å². The molecular formula is C33H39N5O2. The van der Waals surface area contributed by atoms with Crippen LogP contribution in [0.5, 0.6) is 11.5 Å². The second-order valence-electron chi connectivity index (χ2n) is 10.9. The number of methoxy groups -OCH3 is 1. The molecule has 3 heterocycles. The molecule has 1 aromatic heterocycles. The number of hydrogen-bond donors (Lipinski definition) is 1. The van der Waals surface area contributed by atoms with Crippen molar-refractivity contribution in [2.75, 3.05) is 43.5 Å². The van der Waals surface area contributed by atoms with Crippen molar-refractivity contribution >= 4 is 22.7 Å². The highest BCUT2D eigenvalue weighted by atomic mass is 16.5. The van der Waals surface area contributed by atoms with Gasteiger partial charge in [0.2, 0.25) is 5.95 Å². The molecule has 7 heteroatoms. The number of likely N-dealkylation sites (tertiary alicyclic amines) is 1. The van der Waals surface area contributed by atoms with Crippen LogP contribution in [0.15, 0.2) is 72.8 Å². The molecule has 2 aliphatic heterocycles. The monoisotopic (exact) mass is 537 g/mol. The number of aromatic nitrogens is 2. The van der Waals surface area contributed by atoms with Gasteiger partial charge in [0, 0.05) is 50.2 Å². The molecule has 40 heavy (non-hydrogen) atoms. The minimum absolute atomic E-state index is 0.360. The van der Waals surface area contributed by atoms with Crippen molar-refractivity contribution in [3.8, 4) is 11.5 Å². The number of nitrogens with zero attached hydrogens (tertiary/aromatic N) is 4. The lowest BCUT2D eigenvalue weighted by molar-refractivity contribution is 0.211. The Morgan fingerprint density at radius 2 is 1.50 bits per heavy atom. The Labute approximate surface area is 237 Å². The largest absolute Gasteiger partial charge is 0.493 e. The second-order valence-corrected chi connectivity index (χ2v) is 10.9. The van der Waals surface area contributed by atoms with E-state index in [1.807, 2.05) is 30.3 Å². The minimum Gasteiger partial charge on any atom is -0.493 e. The quantitative estimate of drug-likeness (QED) is 0.269. The van der Waals surface area contributed by atoms with E-state index >= 15 is 0 Å². The fourth-order valence-electron chi connectivity index (χ4n) is 5.75. The summed E-state index contributed by atoms with van der Waals surface area (Å²) in [5.41, 5.74) is 3.37. The molecule has 4 aromatic rings. The Morgan fingerprint density at radius 1 is 0.800 bits per heavy atom. The van der Waals surface area contributed by atoms with Crippen LogP contribution in [0, 0.1) is 0 Å². The van der Waals surface area contributed by atoms with Crippen molar-refractivity contribution in [1.82, 2.24) is 14.9 Å². The van der Waals surface area contributed by atoms with E-state index in [0.29, 0.717) is 24.1 Å². The summed E-state index contributed by atoms with van der Waals surface area (Å²) in [6.07, 6.45) is 5.78. The van der Waals surface area contributed by atoms with Gasteiger partial charge in [-0.15, -0.1) is 0 Å². The molecule has 2 fully saturated rings. The lowest BCUT2D eigenvalue weighted by Gasteiger charge is -2.33. The van der Waals surface area contributed by atoms with Gasteiger partial charge in [0.1, 0.15) is 12.4 Å². The van der Waals surface area contributed by atoms with Gasteiger partial charge in [0.25, 0.3) is 0 Å². The maximum atomic E-state index is 6.23. The first-order chi connectivity index (χ1) is 19.7. The minimum atomic E-state index is 0.360. The lowest BCUT2D eigenvalue weighted by Crippen LogP contribution is -2.39. The summed E-state index contributed by atoms with van der Waals surface area (Å²) in [6.45, 7) is 5.60. The average Bonchev–Trinajstić information content (AvgIpc) is 3.02. The fraction of sp³-hybridized carbons (Fsp3) is 0.394. The van der Waals surface area contributed by atoms with E-state index in [9.17, 15) is 0 Å². The lowest BCUT2D eigenvalue weighted by atomic mass is 10.0. The van der Waals surface area contributed by atoms with Gasteiger partial charge in [0.05, 0.1) is 12.6 Å². The molecule has 0 spiro atoms. The van der Waals surface area contributed by atoms with Crippen molar-refractivity contribution in [2.45, 2.75) is 51.3 Å². The summed E-state index contributed by atoms with van der Waals surface area (Å²) < 4.78 is 12.0.